The number of nitrogens with zero attached hydrogens (tertiary/aromatic N) is 3. The minimum atomic E-state index is -4.80. The van der Waals surface area contributed by atoms with Gasteiger partial charge in [-0.05, 0) is 43.2 Å². The number of rotatable bonds is 6. The molecular weight excluding hydrogens is 419 g/mol. The molecule has 2 heterocycles. The van der Waals surface area contributed by atoms with Gasteiger partial charge in [-0.2, -0.15) is 5.10 Å². The molecule has 0 aliphatic heterocycles. The van der Waals surface area contributed by atoms with Gasteiger partial charge in [-0.3, -0.25) is 0 Å². The maximum Gasteiger partial charge on any atom is 0.573 e. The molecule has 0 saturated heterocycles. The molecule has 4 rings (SSSR count). The standard InChI is InChI=1S/C19H18F3N5O4/c20-19(21,22)31-13-3-1-11(2-4-13)27-17-16(15(26-27)9-24-18(29)30)14(5-6-23-17)25-10-7-12(28)8-10/h1-6,10,12,24,28H,7-9H2,(H,23,25)(H,29,30). The maximum atomic E-state index is 12.4. The number of anilines is 1. The van der Waals surface area contributed by atoms with Crippen LogP contribution in [0.5, 0.6) is 5.75 Å². The third-order valence-electron chi connectivity index (χ3n) is 4.84. The Balaban J connectivity index is 1.72. The summed E-state index contributed by atoms with van der Waals surface area (Å²) in [5.41, 5.74) is 1.89. The smallest absolute Gasteiger partial charge is 0.465 e. The first kappa shape index (κ1) is 20.7. The molecule has 0 spiro atoms. The molecule has 1 aliphatic rings. The second-order valence-corrected chi connectivity index (χ2v) is 7.08. The molecule has 2 aromatic heterocycles. The summed E-state index contributed by atoms with van der Waals surface area (Å²) < 4.78 is 42.5. The van der Waals surface area contributed by atoms with Crippen molar-refractivity contribution >= 4 is 22.8 Å². The fraction of sp³-hybridized carbons (Fsp3) is 0.316. The molecule has 0 atom stereocenters. The minimum absolute atomic E-state index is 0.0584. The van der Waals surface area contributed by atoms with Gasteiger partial charge >= 0.3 is 12.5 Å². The number of ether oxygens (including phenoxy) is 1. The number of hydrogen-bond acceptors (Lipinski definition) is 6. The van der Waals surface area contributed by atoms with E-state index in [1.54, 1.807) is 12.3 Å². The molecule has 0 radical (unpaired) electrons. The lowest BCUT2D eigenvalue weighted by Gasteiger charge is -2.33. The zero-order valence-electron chi connectivity index (χ0n) is 15.9. The maximum absolute atomic E-state index is 12.4. The largest absolute Gasteiger partial charge is 0.573 e. The molecule has 1 fully saturated rings. The van der Waals surface area contributed by atoms with Crippen molar-refractivity contribution in [3.05, 3.63) is 42.2 Å². The molecule has 0 unspecified atom stereocenters. The number of aromatic nitrogens is 3. The Morgan fingerprint density at radius 1 is 1.23 bits per heavy atom. The van der Waals surface area contributed by atoms with Gasteiger partial charge in [0.2, 0.25) is 0 Å². The van der Waals surface area contributed by atoms with E-state index >= 15 is 0 Å². The number of hydrogen-bond donors (Lipinski definition) is 4. The Hall–Kier alpha value is -3.54. The summed E-state index contributed by atoms with van der Waals surface area (Å²) in [6.07, 6.45) is -3.66. The van der Waals surface area contributed by atoms with Crippen molar-refractivity contribution in [3.63, 3.8) is 0 Å². The van der Waals surface area contributed by atoms with Gasteiger partial charge in [0.25, 0.3) is 0 Å². The lowest BCUT2D eigenvalue weighted by Crippen LogP contribution is -2.39. The summed E-state index contributed by atoms with van der Waals surface area (Å²) in [5, 5.41) is 29.1. The monoisotopic (exact) mass is 437 g/mol. The first-order chi connectivity index (χ1) is 14.7. The van der Waals surface area contributed by atoms with Crippen LogP contribution in [0.25, 0.3) is 16.7 Å². The van der Waals surface area contributed by atoms with Crippen LogP contribution in [0.1, 0.15) is 18.5 Å². The quantitative estimate of drug-likeness (QED) is 0.468. The number of pyridine rings is 1. The first-order valence-electron chi connectivity index (χ1n) is 9.34. The SMILES string of the molecule is O=C(O)NCc1nn(-c2ccc(OC(F)(F)F)cc2)c2nccc(NC3CC(O)C3)c12. The van der Waals surface area contributed by atoms with Crippen molar-refractivity contribution in [2.24, 2.45) is 0 Å². The highest BCUT2D eigenvalue weighted by atomic mass is 19.4. The average Bonchev–Trinajstić information content (AvgIpc) is 3.04. The van der Waals surface area contributed by atoms with Gasteiger partial charge in [-0.15, -0.1) is 13.2 Å². The number of aliphatic hydroxyl groups excluding tert-OH is 1. The van der Waals surface area contributed by atoms with Gasteiger partial charge in [0.05, 0.1) is 29.4 Å². The number of amides is 1. The highest BCUT2D eigenvalue weighted by Crippen LogP contribution is 2.32. The third-order valence-corrected chi connectivity index (χ3v) is 4.84. The van der Waals surface area contributed by atoms with Crippen molar-refractivity contribution in [3.8, 4) is 11.4 Å². The summed E-state index contributed by atoms with van der Waals surface area (Å²) in [6, 6.07) is 6.89. The van der Waals surface area contributed by atoms with E-state index in [-0.39, 0.29) is 24.4 Å². The van der Waals surface area contributed by atoms with Crippen LogP contribution >= 0.6 is 0 Å². The zero-order valence-corrected chi connectivity index (χ0v) is 15.9. The van der Waals surface area contributed by atoms with E-state index in [9.17, 15) is 23.1 Å². The molecule has 1 amide bonds. The van der Waals surface area contributed by atoms with Crippen LogP contribution in [-0.2, 0) is 6.54 Å². The summed E-state index contributed by atoms with van der Waals surface area (Å²) in [6.45, 7) is -0.0955. The Morgan fingerprint density at radius 2 is 1.94 bits per heavy atom. The number of alkyl halides is 3. The fourth-order valence-electron chi connectivity index (χ4n) is 3.41. The molecule has 4 N–H and O–H groups in total. The minimum Gasteiger partial charge on any atom is -0.465 e. The van der Waals surface area contributed by atoms with Gasteiger partial charge in [0, 0.05) is 17.9 Å². The molecule has 12 heteroatoms. The average molecular weight is 437 g/mol. The van der Waals surface area contributed by atoms with E-state index in [0.717, 1.165) is 12.1 Å². The topological polar surface area (TPSA) is 122 Å². The number of halogens is 3. The van der Waals surface area contributed by atoms with Crippen molar-refractivity contribution in [2.45, 2.75) is 37.9 Å². The lowest BCUT2D eigenvalue weighted by molar-refractivity contribution is -0.274. The predicted molar refractivity (Wildman–Crippen MR) is 103 cm³/mol. The van der Waals surface area contributed by atoms with Crippen molar-refractivity contribution < 1.29 is 32.9 Å². The molecule has 0 bridgehead atoms. The van der Waals surface area contributed by atoms with Gasteiger partial charge in [-0.1, -0.05) is 0 Å². The first-order valence-corrected chi connectivity index (χ1v) is 9.34. The molecule has 1 aromatic carbocycles. The molecule has 1 saturated carbocycles. The van der Waals surface area contributed by atoms with Gasteiger partial charge < -0.3 is 25.6 Å². The second kappa shape index (κ2) is 7.95. The number of fused-ring (bicyclic) bond motifs is 1. The van der Waals surface area contributed by atoms with Gasteiger partial charge in [0.1, 0.15) is 5.75 Å². The normalized spacial score (nSPS) is 18.5. The van der Waals surface area contributed by atoms with Crippen molar-refractivity contribution in [2.75, 3.05) is 5.32 Å². The van der Waals surface area contributed by atoms with Crippen LogP contribution in [0.2, 0.25) is 0 Å². The molecule has 1 aliphatic carbocycles. The van der Waals surface area contributed by atoms with Crippen LogP contribution in [0.15, 0.2) is 36.5 Å². The molecular formula is C19H18F3N5O4. The molecule has 3 aromatic rings. The Morgan fingerprint density at radius 3 is 2.55 bits per heavy atom. The van der Waals surface area contributed by atoms with E-state index in [4.69, 9.17) is 5.11 Å². The molecule has 9 nitrogen and oxygen atoms in total. The predicted octanol–water partition coefficient (Wildman–Crippen LogP) is 3.02. The molecule has 164 valence electrons. The summed E-state index contributed by atoms with van der Waals surface area (Å²) in [7, 11) is 0. The molecule has 31 heavy (non-hydrogen) atoms. The highest BCUT2D eigenvalue weighted by molar-refractivity contribution is 5.92. The van der Waals surface area contributed by atoms with E-state index in [0.29, 0.717) is 40.9 Å². The van der Waals surface area contributed by atoms with Crippen molar-refractivity contribution in [1.82, 2.24) is 20.1 Å². The van der Waals surface area contributed by atoms with E-state index in [1.807, 2.05) is 0 Å². The zero-order chi connectivity index (χ0) is 22.2. The van der Waals surface area contributed by atoms with E-state index < -0.39 is 12.5 Å². The number of nitrogens with one attached hydrogen (secondary N) is 2. The van der Waals surface area contributed by atoms with Gasteiger partial charge in [0.15, 0.2) is 5.65 Å². The number of aliphatic hydroxyl groups is 1. The summed E-state index contributed by atoms with van der Waals surface area (Å²) in [5.74, 6) is -0.376. The van der Waals surface area contributed by atoms with Crippen LogP contribution in [-0.4, -0.2) is 49.6 Å². The summed E-state index contributed by atoms with van der Waals surface area (Å²) >= 11 is 0. The van der Waals surface area contributed by atoms with Crippen LogP contribution in [0, 0.1) is 0 Å². The van der Waals surface area contributed by atoms with Crippen LogP contribution in [0.3, 0.4) is 0 Å². The van der Waals surface area contributed by atoms with E-state index in [1.165, 1.54) is 16.8 Å². The lowest BCUT2D eigenvalue weighted by atomic mass is 9.89. The van der Waals surface area contributed by atoms with E-state index in [2.05, 4.69) is 25.5 Å². The number of carbonyl (C=O) groups is 1. The van der Waals surface area contributed by atoms with Crippen LogP contribution < -0.4 is 15.4 Å². The van der Waals surface area contributed by atoms with Crippen molar-refractivity contribution in [1.29, 1.82) is 0 Å². The van der Waals surface area contributed by atoms with Gasteiger partial charge in [-0.25, -0.2) is 14.5 Å². The fourth-order valence-corrected chi connectivity index (χ4v) is 3.41. The second-order valence-electron chi connectivity index (χ2n) is 7.08. The Bertz CT molecular complexity index is 1090. The Labute approximate surface area is 173 Å². The van der Waals surface area contributed by atoms with Crippen LogP contribution in [0.4, 0.5) is 23.7 Å². The summed E-state index contributed by atoms with van der Waals surface area (Å²) in [4.78, 5) is 15.3. The highest BCUT2D eigenvalue weighted by Gasteiger charge is 2.31. The third kappa shape index (κ3) is 4.63. The number of carboxylic acid groups (broad SMARTS) is 1. The Kier molecular flexibility index (Phi) is 5.31. The number of benzene rings is 1.